The molecule has 0 aromatic heterocycles. The van der Waals surface area contributed by atoms with Crippen molar-refractivity contribution in [3.63, 3.8) is 0 Å². The van der Waals surface area contributed by atoms with E-state index in [1.165, 1.54) is 6.92 Å². The summed E-state index contributed by atoms with van der Waals surface area (Å²) in [5.41, 5.74) is 0.495. The summed E-state index contributed by atoms with van der Waals surface area (Å²) in [5, 5.41) is 0. The number of ether oxygens (including phenoxy) is 5. The number of methoxy groups -OCH3 is 1. The molecule has 1 unspecified atom stereocenters. The van der Waals surface area contributed by atoms with Crippen molar-refractivity contribution in [2.75, 3.05) is 7.11 Å². The highest BCUT2D eigenvalue weighted by atomic mass is 16.8. The third kappa shape index (κ3) is 2.06. The van der Waals surface area contributed by atoms with Crippen molar-refractivity contribution in [3.05, 3.63) is 29.8 Å². The average molecular weight is 360 g/mol. The zero-order valence-corrected chi connectivity index (χ0v) is 15.1. The molecule has 0 radical (unpaired) electrons. The molecule has 3 heterocycles. The maximum Gasteiger partial charge on any atom is 0.305 e. The molecule has 3 saturated heterocycles. The molecule has 3 aliphatic heterocycles. The summed E-state index contributed by atoms with van der Waals surface area (Å²) in [6, 6.07) is 8.05. The van der Waals surface area contributed by atoms with Gasteiger partial charge in [0.15, 0.2) is 12.4 Å². The highest BCUT2D eigenvalue weighted by molar-refractivity contribution is 5.66. The van der Waals surface area contributed by atoms with Gasteiger partial charge in [0.1, 0.15) is 11.4 Å². The molecule has 6 heteroatoms. The Kier molecular flexibility index (Phi) is 3.61. The van der Waals surface area contributed by atoms with Gasteiger partial charge in [0.05, 0.1) is 13.2 Å². The molecule has 6 nitrogen and oxygen atoms in total. The minimum atomic E-state index is -0.707. The number of esters is 1. The molecule has 0 N–H and O–H groups in total. The summed E-state index contributed by atoms with van der Waals surface area (Å²) in [6.45, 7) is 1.40. The van der Waals surface area contributed by atoms with Crippen molar-refractivity contribution in [2.24, 2.45) is 5.41 Å². The summed E-state index contributed by atoms with van der Waals surface area (Å²) in [4.78, 5) is 11.6. The molecule has 0 amide bonds. The Hall–Kier alpha value is -1.63. The summed E-state index contributed by atoms with van der Waals surface area (Å²) >= 11 is 0. The first-order valence-corrected chi connectivity index (χ1v) is 9.38. The van der Waals surface area contributed by atoms with E-state index >= 15 is 0 Å². The van der Waals surface area contributed by atoms with Gasteiger partial charge in [0.2, 0.25) is 6.29 Å². The Balaban J connectivity index is 1.60. The van der Waals surface area contributed by atoms with E-state index in [-0.39, 0.29) is 23.8 Å². The van der Waals surface area contributed by atoms with E-state index < -0.39 is 18.0 Å². The SMILES string of the molecule is COc1cccc([C@@H]2OC3[C@@H](OC(C)=O)O[C@@H]4C[C@]25CCCC[C@]35O4)c1. The van der Waals surface area contributed by atoms with Gasteiger partial charge >= 0.3 is 5.97 Å². The van der Waals surface area contributed by atoms with Gasteiger partial charge in [-0.25, -0.2) is 0 Å². The van der Waals surface area contributed by atoms with Crippen LogP contribution in [0.25, 0.3) is 0 Å². The molecule has 1 spiro atoms. The Labute approximate surface area is 152 Å². The lowest BCUT2D eigenvalue weighted by Gasteiger charge is -2.47. The second-order valence-electron chi connectivity index (χ2n) is 7.83. The molecular weight excluding hydrogens is 336 g/mol. The van der Waals surface area contributed by atoms with Crippen LogP contribution in [0.5, 0.6) is 5.75 Å². The van der Waals surface area contributed by atoms with Crippen LogP contribution in [0.3, 0.4) is 0 Å². The van der Waals surface area contributed by atoms with Gasteiger partial charge < -0.3 is 23.7 Å². The van der Waals surface area contributed by atoms with Crippen LogP contribution >= 0.6 is 0 Å². The van der Waals surface area contributed by atoms with Gasteiger partial charge in [0, 0.05) is 18.8 Å². The fraction of sp³-hybridized carbons (Fsp3) is 0.650. The lowest BCUT2D eigenvalue weighted by molar-refractivity contribution is -0.341. The van der Waals surface area contributed by atoms with E-state index in [1.54, 1.807) is 7.11 Å². The molecule has 1 aromatic rings. The van der Waals surface area contributed by atoms with Crippen LogP contribution < -0.4 is 4.74 Å². The zero-order chi connectivity index (χ0) is 17.9. The van der Waals surface area contributed by atoms with Gasteiger partial charge in [-0.2, -0.15) is 0 Å². The minimum Gasteiger partial charge on any atom is -0.497 e. The fourth-order valence-electron chi connectivity index (χ4n) is 5.69. The van der Waals surface area contributed by atoms with Gasteiger partial charge in [-0.05, 0) is 30.5 Å². The van der Waals surface area contributed by atoms with Gasteiger partial charge in [-0.3, -0.25) is 4.79 Å². The molecular formula is C20H24O6. The molecule has 1 saturated carbocycles. The third-order valence-electron chi connectivity index (χ3n) is 6.59. The predicted octanol–water partition coefficient (Wildman–Crippen LogP) is 3.10. The first kappa shape index (κ1) is 16.5. The Morgan fingerprint density at radius 1 is 1.23 bits per heavy atom. The second kappa shape index (κ2) is 5.68. The van der Waals surface area contributed by atoms with E-state index in [9.17, 15) is 4.79 Å². The molecule has 4 fully saturated rings. The molecule has 2 bridgehead atoms. The van der Waals surface area contributed by atoms with Gasteiger partial charge in [-0.15, -0.1) is 0 Å². The van der Waals surface area contributed by atoms with Crippen molar-refractivity contribution in [3.8, 4) is 5.75 Å². The highest BCUT2D eigenvalue weighted by Crippen LogP contribution is 2.71. The first-order valence-electron chi connectivity index (χ1n) is 9.38. The van der Waals surface area contributed by atoms with Crippen LogP contribution in [0.15, 0.2) is 24.3 Å². The van der Waals surface area contributed by atoms with Crippen molar-refractivity contribution in [1.82, 2.24) is 0 Å². The quantitative estimate of drug-likeness (QED) is 0.772. The van der Waals surface area contributed by atoms with Crippen molar-refractivity contribution in [2.45, 2.75) is 69.4 Å². The zero-order valence-electron chi connectivity index (χ0n) is 15.1. The smallest absolute Gasteiger partial charge is 0.305 e. The minimum absolute atomic E-state index is 0.116. The summed E-state index contributed by atoms with van der Waals surface area (Å²) in [5.74, 6) is 0.454. The summed E-state index contributed by atoms with van der Waals surface area (Å²) < 4.78 is 29.8. The van der Waals surface area contributed by atoms with Crippen molar-refractivity contribution in [1.29, 1.82) is 0 Å². The Morgan fingerprint density at radius 3 is 2.88 bits per heavy atom. The lowest BCUT2D eigenvalue weighted by Crippen LogP contribution is -2.58. The monoisotopic (exact) mass is 360 g/mol. The van der Waals surface area contributed by atoms with E-state index in [0.29, 0.717) is 0 Å². The maximum atomic E-state index is 11.6. The third-order valence-corrected chi connectivity index (χ3v) is 6.59. The largest absolute Gasteiger partial charge is 0.497 e. The molecule has 26 heavy (non-hydrogen) atoms. The Morgan fingerprint density at radius 2 is 2.08 bits per heavy atom. The second-order valence-corrected chi connectivity index (χ2v) is 7.83. The standard InChI is InChI=1S/C20H24O6/c1-12(21)23-18-17-20-9-4-3-8-19(20,11-15(24-18)26-20)16(25-17)13-6-5-7-14(10-13)22-2/h5-7,10,15-18H,3-4,8-9,11H2,1-2H3/t15-,16-,17?,18-,19+,20-/m0/s1. The number of hydrogen-bond acceptors (Lipinski definition) is 6. The number of benzene rings is 1. The number of hydrogen-bond donors (Lipinski definition) is 0. The Bertz CT molecular complexity index is 735. The van der Waals surface area contributed by atoms with E-state index in [0.717, 1.165) is 43.4 Å². The predicted molar refractivity (Wildman–Crippen MR) is 90.4 cm³/mol. The van der Waals surface area contributed by atoms with E-state index in [1.807, 2.05) is 18.2 Å². The average Bonchev–Trinajstić information content (AvgIpc) is 3.07. The number of carbonyl (C=O) groups excluding carboxylic acids is 1. The molecule has 5 rings (SSSR count). The first-order chi connectivity index (χ1) is 12.6. The topological polar surface area (TPSA) is 63.2 Å². The van der Waals surface area contributed by atoms with Crippen LogP contribution in [-0.2, 0) is 23.7 Å². The number of carbonyl (C=O) groups is 1. The highest BCUT2D eigenvalue weighted by Gasteiger charge is 2.77. The molecule has 1 aliphatic carbocycles. The van der Waals surface area contributed by atoms with Crippen LogP contribution in [0.4, 0.5) is 0 Å². The molecule has 4 aliphatic rings. The van der Waals surface area contributed by atoms with Crippen LogP contribution in [-0.4, -0.2) is 37.4 Å². The maximum absolute atomic E-state index is 11.6. The number of rotatable bonds is 3. The molecule has 140 valence electrons. The van der Waals surface area contributed by atoms with Crippen molar-refractivity contribution >= 4 is 5.97 Å². The van der Waals surface area contributed by atoms with Crippen LogP contribution in [0.1, 0.15) is 50.7 Å². The molecule has 1 aromatic carbocycles. The fourth-order valence-corrected chi connectivity index (χ4v) is 5.69. The molecule has 6 atom stereocenters. The summed E-state index contributed by atoms with van der Waals surface area (Å²) in [6.07, 6.45) is 3.37. The number of fused-ring (bicyclic) bond motifs is 1. The summed E-state index contributed by atoms with van der Waals surface area (Å²) in [7, 11) is 1.67. The van der Waals surface area contributed by atoms with Gasteiger partial charge in [0.25, 0.3) is 0 Å². The normalized spacial score (nSPS) is 43.0. The lowest BCUT2D eigenvalue weighted by atomic mass is 9.59. The van der Waals surface area contributed by atoms with E-state index in [2.05, 4.69) is 6.07 Å². The van der Waals surface area contributed by atoms with Crippen molar-refractivity contribution < 1.29 is 28.5 Å². The van der Waals surface area contributed by atoms with Gasteiger partial charge in [-0.1, -0.05) is 25.0 Å². The van der Waals surface area contributed by atoms with E-state index in [4.69, 9.17) is 23.7 Å². The van der Waals surface area contributed by atoms with Crippen LogP contribution in [0, 0.1) is 5.41 Å². The van der Waals surface area contributed by atoms with Crippen LogP contribution in [0.2, 0.25) is 0 Å².